The average molecular weight is 262 g/mol. The van der Waals surface area contributed by atoms with Crippen molar-refractivity contribution < 1.29 is 9.53 Å². The van der Waals surface area contributed by atoms with E-state index in [1.54, 1.807) is 13.3 Å². The molecule has 0 radical (unpaired) electrons. The van der Waals surface area contributed by atoms with Crippen molar-refractivity contribution in [2.45, 2.75) is 13.0 Å². The van der Waals surface area contributed by atoms with Crippen molar-refractivity contribution in [3.8, 4) is 5.75 Å². The van der Waals surface area contributed by atoms with E-state index < -0.39 is 0 Å². The third-order valence-corrected chi connectivity index (χ3v) is 3.20. The monoisotopic (exact) mass is 262 g/mol. The molecule has 0 saturated heterocycles. The summed E-state index contributed by atoms with van der Waals surface area (Å²) in [5, 5.41) is 5.64. The summed E-state index contributed by atoms with van der Waals surface area (Å²) in [5.74, 6) is 0.749. The Bertz CT molecular complexity index is 511. The van der Waals surface area contributed by atoms with E-state index in [2.05, 4.69) is 10.3 Å². The van der Waals surface area contributed by atoms with Crippen molar-refractivity contribution >= 4 is 17.2 Å². The smallest absolute Gasteiger partial charge is 0.224 e. The van der Waals surface area contributed by atoms with Gasteiger partial charge in [0.15, 0.2) is 0 Å². The zero-order valence-corrected chi connectivity index (χ0v) is 10.9. The standard InChI is InChI=1S/C13H14N2O2S/c1-17-11-4-2-3-10(7-11)8-12(16)15-9-13-14-5-6-18-13/h2-7H,8-9H2,1H3,(H,15,16). The molecule has 1 aromatic heterocycles. The molecule has 1 N–H and O–H groups in total. The summed E-state index contributed by atoms with van der Waals surface area (Å²) in [4.78, 5) is 15.8. The number of methoxy groups -OCH3 is 1. The second-order valence-electron chi connectivity index (χ2n) is 3.73. The number of hydrogen-bond donors (Lipinski definition) is 1. The first-order chi connectivity index (χ1) is 8.78. The Morgan fingerprint density at radius 3 is 3.11 bits per heavy atom. The molecule has 0 bridgehead atoms. The first-order valence-electron chi connectivity index (χ1n) is 5.56. The maximum atomic E-state index is 11.7. The Hall–Kier alpha value is -1.88. The lowest BCUT2D eigenvalue weighted by Gasteiger charge is -2.05. The minimum Gasteiger partial charge on any atom is -0.497 e. The van der Waals surface area contributed by atoms with E-state index in [1.807, 2.05) is 29.6 Å². The van der Waals surface area contributed by atoms with Crippen molar-refractivity contribution in [2.75, 3.05) is 7.11 Å². The number of benzene rings is 1. The Morgan fingerprint density at radius 1 is 1.50 bits per heavy atom. The second-order valence-corrected chi connectivity index (χ2v) is 4.71. The number of nitrogens with zero attached hydrogens (tertiary/aromatic N) is 1. The molecule has 1 heterocycles. The molecule has 1 amide bonds. The molecule has 0 aliphatic carbocycles. The van der Waals surface area contributed by atoms with Gasteiger partial charge in [-0.3, -0.25) is 4.79 Å². The molecule has 0 spiro atoms. The van der Waals surface area contributed by atoms with Crippen molar-refractivity contribution in [1.29, 1.82) is 0 Å². The lowest BCUT2D eigenvalue weighted by molar-refractivity contribution is -0.120. The number of hydrogen-bond acceptors (Lipinski definition) is 4. The van der Waals surface area contributed by atoms with Crippen LogP contribution in [0.15, 0.2) is 35.8 Å². The molecule has 0 unspecified atom stereocenters. The van der Waals surface area contributed by atoms with E-state index >= 15 is 0 Å². The van der Waals surface area contributed by atoms with Crippen LogP contribution in [0.1, 0.15) is 10.6 Å². The van der Waals surface area contributed by atoms with Crippen LogP contribution in [0.5, 0.6) is 5.75 Å². The SMILES string of the molecule is COc1cccc(CC(=O)NCc2nccs2)c1. The number of amides is 1. The van der Waals surface area contributed by atoms with Crippen LogP contribution in [0, 0.1) is 0 Å². The van der Waals surface area contributed by atoms with Gasteiger partial charge < -0.3 is 10.1 Å². The fraction of sp³-hybridized carbons (Fsp3) is 0.231. The van der Waals surface area contributed by atoms with Gasteiger partial charge in [-0.25, -0.2) is 4.98 Å². The number of rotatable bonds is 5. The molecular formula is C13H14N2O2S. The second kappa shape index (κ2) is 6.16. The highest BCUT2D eigenvalue weighted by atomic mass is 32.1. The summed E-state index contributed by atoms with van der Waals surface area (Å²) in [6.45, 7) is 0.487. The highest BCUT2D eigenvalue weighted by molar-refractivity contribution is 7.09. The van der Waals surface area contributed by atoms with Crippen LogP contribution in [0.4, 0.5) is 0 Å². The van der Waals surface area contributed by atoms with Crippen LogP contribution in [-0.4, -0.2) is 18.0 Å². The Morgan fingerprint density at radius 2 is 2.39 bits per heavy atom. The molecule has 4 nitrogen and oxygen atoms in total. The molecule has 0 fully saturated rings. The maximum Gasteiger partial charge on any atom is 0.224 e. The molecular weight excluding hydrogens is 248 g/mol. The normalized spacial score (nSPS) is 10.1. The summed E-state index contributed by atoms with van der Waals surface area (Å²) in [5.41, 5.74) is 0.936. The van der Waals surface area contributed by atoms with Crippen molar-refractivity contribution in [1.82, 2.24) is 10.3 Å². The van der Waals surface area contributed by atoms with Crippen LogP contribution >= 0.6 is 11.3 Å². The lowest BCUT2D eigenvalue weighted by Crippen LogP contribution is -2.24. The maximum absolute atomic E-state index is 11.7. The Labute approximate surface area is 110 Å². The third-order valence-electron chi connectivity index (χ3n) is 2.42. The minimum atomic E-state index is -0.0153. The molecule has 2 aromatic rings. The zero-order valence-electron chi connectivity index (χ0n) is 10.1. The minimum absolute atomic E-state index is 0.0153. The van der Waals surface area contributed by atoms with Gasteiger partial charge in [0.05, 0.1) is 20.1 Å². The molecule has 0 aliphatic heterocycles. The third kappa shape index (κ3) is 3.56. The predicted octanol–water partition coefficient (Wildman–Crippen LogP) is 2.01. The van der Waals surface area contributed by atoms with E-state index in [4.69, 9.17) is 4.74 Å². The van der Waals surface area contributed by atoms with E-state index in [-0.39, 0.29) is 5.91 Å². The summed E-state index contributed by atoms with van der Waals surface area (Å²) in [7, 11) is 1.61. The summed E-state index contributed by atoms with van der Waals surface area (Å²) in [6, 6.07) is 7.51. The fourth-order valence-electron chi connectivity index (χ4n) is 1.54. The van der Waals surface area contributed by atoms with Crippen molar-refractivity contribution in [3.63, 3.8) is 0 Å². The molecule has 2 rings (SSSR count). The van der Waals surface area contributed by atoms with Gasteiger partial charge >= 0.3 is 0 Å². The fourth-order valence-corrected chi connectivity index (χ4v) is 2.10. The molecule has 1 aromatic carbocycles. The first-order valence-corrected chi connectivity index (χ1v) is 6.44. The number of carbonyl (C=O) groups excluding carboxylic acids is 1. The van der Waals surface area contributed by atoms with Gasteiger partial charge in [-0.1, -0.05) is 12.1 Å². The van der Waals surface area contributed by atoms with Crippen LogP contribution in [0.3, 0.4) is 0 Å². The van der Waals surface area contributed by atoms with Gasteiger partial charge in [-0.15, -0.1) is 11.3 Å². The summed E-state index contributed by atoms with van der Waals surface area (Å²) in [6.07, 6.45) is 2.08. The number of nitrogens with one attached hydrogen (secondary N) is 1. The van der Waals surface area contributed by atoms with E-state index in [0.29, 0.717) is 13.0 Å². The van der Waals surface area contributed by atoms with Crippen molar-refractivity contribution in [3.05, 3.63) is 46.4 Å². The largest absolute Gasteiger partial charge is 0.497 e. The van der Waals surface area contributed by atoms with Gasteiger partial charge in [-0.05, 0) is 17.7 Å². The van der Waals surface area contributed by atoms with E-state index in [1.165, 1.54) is 11.3 Å². The van der Waals surface area contributed by atoms with E-state index in [0.717, 1.165) is 16.3 Å². The molecule has 0 aliphatic rings. The Balaban J connectivity index is 1.86. The van der Waals surface area contributed by atoms with Gasteiger partial charge in [0.1, 0.15) is 10.8 Å². The van der Waals surface area contributed by atoms with E-state index in [9.17, 15) is 4.79 Å². The molecule has 0 saturated carbocycles. The Kier molecular flexibility index (Phi) is 4.30. The number of thiazole rings is 1. The molecule has 18 heavy (non-hydrogen) atoms. The average Bonchev–Trinajstić information content (AvgIpc) is 2.90. The van der Waals surface area contributed by atoms with Crippen molar-refractivity contribution in [2.24, 2.45) is 0 Å². The van der Waals surface area contributed by atoms with Crippen LogP contribution in [-0.2, 0) is 17.8 Å². The lowest BCUT2D eigenvalue weighted by atomic mass is 10.1. The summed E-state index contributed by atoms with van der Waals surface area (Å²) >= 11 is 1.53. The van der Waals surface area contributed by atoms with Crippen LogP contribution in [0.2, 0.25) is 0 Å². The molecule has 5 heteroatoms. The van der Waals surface area contributed by atoms with Gasteiger partial charge in [0.25, 0.3) is 0 Å². The van der Waals surface area contributed by atoms with Gasteiger partial charge in [0.2, 0.25) is 5.91 Å². The molecule has 0 atom stereocenters. The number of aromatic nitrogens is 1. The summed E-state index contributed by atoms with van der Waals surface area (Å²) < 4.78 is 5.12. The topological polar surface area (TPSA) is 51.2 Å². The van der Waals surface area contributed by atoms with Crippen LogP contribution < -0.4 is 10.1 Å². The molecule has 94 valence electrons. The van der Waals surface area contributed by atoms with Gasteiger partial charge in [-0.2, -0.15) is 0 Å². The highest BCUT2D eigenvalue weighted by Crippen LogP contribution is 2.13. The van der Waals surface area contributed by atoms with Crippen LogP contribution in [0.25, 0.3) is 0 Å². The number of ether oxygens (including phenoxy) is 1. The zero-order chi connectivity index (χ0) is 12.8. The predicted molar refractivity (Wildman–Crippen MR) is 70.7 cm³/mol. The number of carbonyl (C=O) groups is 1. The van der Waals surface area contributed by atoms with Gasteiger partial charge in [0, 0.05) is 11.6 Å². The first kappa shape index (κ1) is 12.6. The highest BCUT2D eigenvalue weighted by Gasteiger charge is 2.05. The quantitative estimate of drug-likeness (QED) is 0.896.